The molecule has 0 radical (unpaired) electrons. The molecule has 1 aromatic rings. The molecule has 8 nitrogen and oxygen atoms in total. The number of carbonyl (C=O) groups excluding carboxylic acids is 3. The number of rotatable bonds is 4. The largest absolute Gasteiger partial charge is 0.465 e. The molecule has 5 atom stereocenters. The predicted molar refractivity (Wildman–Crippen MR) is 133 cm³/mol. The number of aliphatic hydroxyl groups is 1. The zero-order valence-corrected chi connectivity index (χ0v) is 21.0. The average molecular weight is 515 g/mol. The van der Waals surface area contributed by atoms with Gasteiger partial charge in [-0.05, 0) is 49.9 Å². The molecule has 5 rings (SSSR count). The van der Waals surface area contributed by atoms with Crippen LogP contribution in [0.25, 0.3) is 0 Å². The van der Waals surface area contributed by atoms with Crippen molar-refractivity contribution in [1.82, 2.24) is 4.90 Å². The second kappa shape index (κ2) is 9.65. The van der Waals surface area contributed by atoms with E-state index in [2.05, 4.69) is 0 Å². The van der Waals surface area contributed by atoms with E-state index >= 15 is 0 Å². The quantitative estimate of drug-likeness (QED) is 0.490. The number of β-amino-alcohol motifs (C(OH)–C–C–N with tert-alkyl or cyclic N) is 1. The monoisotopic (exact) mass is 514 g/mol. The fourth-order valence-electron chi connectivity index (χ4n) is 6.24. The van der Waals surface area contributed by atoms with Gasteiger partial charge in [-0.25, -0.2) is 0 Å². The number of fused-ring (bicyclic) bond motifs is 2. The highest BCUT2D eigenvalue weighted by Crippen LogP contribution is 2.58. The lowest BCUT2D eigenvalue weighted by molar-refractivity contribution is -0.160. The number of cyclic esters (lactones) is 1. The number of ether oxygens (including phenoxy) is 2. The average Bonchev–Trinajstić information content (AvgIpc) is 3.22. The molecule has 0 aliphatic carbocycles. The van der Waals surface area contributed by atoms with Crippen LogP contribution < -0.4 is 4.90 Å². The van der Waals surface area contributed by atoms with Crippen molar-refractivity contribution in [1.29, 1.82) is 0 Å². The Morgan fingerprint density at radius 2 is 1.83 bits per heavy atom. The van der Waals surface area contributed by atoms with E-state index in [4.69, 9.17) is 21.1 Å². The van der Waals surface area contributed by atoms with Crippen molar-refractivity contribution in [3.05, 3.63) is 53.6 Å². The molecule has 9 heteroatoms. The van der Waals surface area contributed by atoms with Gasteiger partial charge in [0.05, 0.1) is 19.1 Å². The zero-order valence-electron chi connectivity index (χ0n) is 20.3. The number of likely N-dealkylation sites (tertiary alicyclic amines) is 1. The first-order valence-electron chi connectivity index (χ1n) is 12.6. The lowest BCUT2D eigenvalue weighted by Crippen LogP contribution is -2.56. The van der Waals surface area contributed by atoms with Crippen molar-refractivity contribution in [2.75, 3.05) is 31.2 Å². The Bertz CT molecular complexity index is 1100. The Hall–Kier alpha value is -2.68. The molecule has 2 saturated heterocycles. The van der Waals surface area contributed by atoms with Gasteiger partial charge in [0.2, 0.25) is 5.91 Å². The van der Waals surface area contributed by atoms with E-state index in [0.29, 0.717) is 17.1 Å². The number of anilines is 1. The minimum atomic E-state index is -1.37. The molecule has 1 spiro atoms. The second-order valence-electron chi connectivity index (χ2n) is 9.77. The van der Waals surface area contributed by atoms with E-state index in [0.717, 1.165) is 19.3 Å². The minimum absolute atomic E-state index is 0.0458. The van der Waals surface area contributed by atoms with Crippen LogP contribution in [-0.4, -0.2) is 71.3 Å². The summed E-state index contributed by atoms with van der Waals surface area (Å²) in [6.45, 7) is 2.09. The molecule has 0 bridgehead atoms. The summed E-state index contributed by atoms with van der Waals surface area (Å²) in [4.78, 5) is 44.6. The Morgan fingerprint density at radius 1 is 1.06 bits per heavy atom. The number of amides is 2. The maximum absolute atomic E-state index is 14.2. The van der Waals surface area contributed by atoms with Gasteiger partial charge >= 0.3 is 5.97 Å². The Balaban J connectivity index is 1.65. The van der Waals surface area contributed by atoms with Gasteiger partial charge < -0.3 is 24.4 Å². The third kappa shape index (κ3) is 3.78. The number of nitrogens with zero attached hydrogens (tertiary/aromatic N) is 2. The van der Waals surface area contributed by atoms with Crippen molar-refractivity contribution in [2.45, 2.75) is 49.9 Å². The highest BCUT2D eigenvalue weighted by atomic mass is 35.5. The van der Waals surface area contributed by atoms with Gasteiger partial charge in [-0.15, -0.1) is 0 Å². The zero-order chi connectivity index (χ0) is 25.5. The van der Waals surface area contributed by atoms with Gasteiger partial charge in [0.25, 0.3) is 5.91 Å². The number of allylic oxidation sites excluding steroid dienone is 1. The van der Waals surface area contributed by atoms with Gasteiger partial charge in [-0.3, -0.25) is 14.4 Å². The maximum atomic E-state index is 14.2. The summed E-state index contributed by atoms with van der Waals surface area (Å²) in [5.41, 5.74) is -1.83. The molecule has 1 N–H and O–H groups in total. The van der Waals surface area contributed by atoms with Gasteiger partial charge in [-0.1, -0.05) is 42.8 Å². The molecule has 4 heterocycles. The fourth-order valence-corrected chi connectivity index (χ4v) is 6.36. The number of benzene rings is 1. The van der Waals surface area contributed by atoms with Crippen LogP contribution >= 0.6 is 11.6 Å². The van der Waals surface area contributed by atoms with E-state index in [1.807, 2.05) is 25.2 Å². The molecule has 0 saturated carbocycles. The van der Waals surface area contributed by atoms with Crippen LogP contribution in [-0.2, 0) is 23.9 Å². The lowest BCUT2D eigenvalue weighted by atomic mass is 9.73. The molecule has 4 aliphatic rings. The van der Waals surface area contributed by atoms with Crippen LogP contribution in [0.1, 0.15) is 32.6 Å². The van der Waals surface area contributed by atoms with Crippen LogP contribution in [0.5, 0.6) is 0 Å². The van der Waals surface area contributed by atoms with Crippen LogP contribution in [0.4, 0.5) is 5.69 Å². The topological polar surface area (TPSA) is 96.4 Å². The Labute approximate surface area is 215 Å². The molecular formula is C27H31ClN2O6. The molecular weight excluding hydrogens is 484 g/mol. The summed E-state index contributed by atoms with van der Waals surface area (Å²) in [7, 11) is 0. The Morgan fingerprint density at radius 3 is 2.56 bits per heavy atom. The van der Waals surface area contributed by atoms with E-state index in [1.165, 1.54) is 4.90 Å². The first-order valence-corrected chi connectivity index (χ1v) is 13.0. The Kier molecular flexibility index (Phi) is 6.70. The fraction of sp³-hybridized carbons (Fsp3) is 0.519. The van der Waals surface area contributed by atoms with E-state index < -0.39 is 35.0 Å². The number of carbonyl (C=O) groups is 3. The molecule has 0 aromatic heterocycles. The first-order chi connectivity index (χ1) is 17.4. The summed E-state index contributed by atoms with van der Waals surface area (Å²) >= 11 is 6.06. The standard InChI is InChI=1S/C27H31ClN2O6/c1-2-26-12-5-3-4-6-17-35-25(34)21(26)20-23(32)30(15-16-31)22-24(33)29(14-7-13-27(20,22)36-26)19-10-8-18(28)9-11-19/h5,7-13,20-22,31H,2-4,6,14-17H2,1H3/b12-5-/t20-,21+,22?,26-,27-/m0/s1. The predicted octanol–water partition coefficient (Wildman–Crippen LogP) is 2.88. The molecule has 192 valence electrons. The summed E-state index contributed by atoms with van der Waals surface area (Å²) < 4.78 is 12.5. The minimum Gasteiger partial charge on any atom is -0.465 e. The summed E-state index contributed by atoms with van der Waals surface area (Å²) in [6, 6.07) is 5.87. The summed E-state index contributed by atoms with van der Waals surface area (Å²) in [6.07, 6.45) is 10.4. The highest BCUT2D eigenvalue weighted by Gasteiger charge is 2.75. The van der Waals surface area contributed by atoms with Gasteiger partial charge in [0.1, 0.15) is 23.2 Å². The summed E-state index contributed by atoms with van der Waals surface area (Å²) in [5.74, 6) is -3.06. The second-order valence-corrected chi connectivity index (χ2v) is 10.2. The number of aliphatic hydroxyl groups excluding tert-OH is 1. The number of hydrogen-bond acceptors (Lipinski definition) is 6. The van der Waals surface area contributed by atoms with Crippen molar-refractivity contribution >= 4 is 35.1 Å². The smallest absolute Gasteiger partial charge is 0.313 e. The third-order valence-corrected chi connectivity index (χ3v) is 8.11. The van der Waals surface area contributed by atoms with E-state index in [9.17, 15) is 19.5 Å². The molecule has 1 unspecified atom stereocenters. The van der Waals surface area contributed by atoms with Gasteiger partial charge in [0.15, 0.2) is 0 Å². The molecule has 4 aliphatic heterocycles. The number of hydrogen-bond donors (Lipinski definition) is 1. The van der Waals surface area contributed by atoms with E-state index in [1.54, 1.807) is 35.2 Å². The number of halogens is 1. The first kappa shape index (κ1) is 25.0. The van der Waals surface area contributed by atoms with E-state index in [-0.39, 0.29) is 38.1 Å². The normalized spacial score (nSPS) is 35.1. The van der Waals surface area contributed by atoms with Crippen molar-refractivity contribution in [2.24, 2.45) is 11.8 Å². The highest BCUT2D eigenvalue weighted by molar-refractivity contribution is 6.30. The van der Waals surface area contributed by atoms with Crippen LogP contribution in [0.15, 0.2) is 48.6 Å². The van der Waals surface area contributed by atoms with Crippen molar-refractivity contribution in [3.8, 4) is 0 Å². The molecule has 2 fully saturated rings. The van der Waals surface area contributed by atoms with Crippen LogP contribution in [0.2, 0.25) is 5.02 Å². The number of esters is 1. The van der Waals surface area contributed by atoms with Crippen molar-refractivity contribution in [3.63, 3.8) is 0 Å². The van der Waals surface area contributed by atoms with Gasteiger partial charge in [0, 0.05) is 23.8 Å². The molecule has 1 aromatic carbocycles. The lowest BCUT2D eigenvalue weighted by Gasteiger charge is -2.38. The third-order valence-electron chi connectivity index (χ3n) is 7.86. The molecule has 2 amide bonds. The summed E-state index contributed by atoms with van der Waals surface area (Å²) in [5, 5.41) is 10.3. The van der Waals surface area contributed by atoms with Crippen molar-refractivity contribution < 1.29 is 29.0 Å². The maximum Gasteiger partial charge on any atom is 0.313 e. The molecule has 36 heavy (non-hydrogen) atoms. The van der Waals surface area contributed by atoms with Gasteiger partial charge in [-0.2, -0.15) is 0 Å². The van der Waals surface area contributed by atoms with Crippen LogP contribution in [0.3, 0.4) is 0 Å². The SMILES string of the molecule is CC[C@]12/C=C\CCCCOC(=O)[C@H]1[C@H]1C(=O)N(CCO)C3C(=O)N(c4ccc(Cl)cc4)CC=C[C@@]31O2. The van der Waals surface area contributed by atoms with Crippen LogP contribution in [0, 0.1) is 11.8 Å².